The molecule has 1 aliphatic rings. The maximum Gasteiger partial charge on any atom is 0.0795 e. The topological polar surface area (TPSA) is 24.9 Å². The van der Waals surface area contributed by atoms with Gasteiger partial charge in [-0.3, -0.25) is 0 Å². The molecule has 0 aromatic carbocycles. The van der Waals surface area contributed by atoms with Gasteiger partial charge in [-0.2, -0.15) is 0 Å². The number of unbranched alkanes of at least 4 members (excludes halogenated alkanes) is 1. The van der Waals surface area contributed by atoms with E-state index in [1.807, 2.05) is 5.51 Å². The van der Waals surface area contributed by atoms with Gasteiger partial charge in [0.2, 0.25) is 0 Å². The minimum Gasteiger partial charge on any atom is -0.308 e. The van der Waals surface area contributed by atoms with Crippen LogP contribution in [0, 0.1) is 5.92 Å². The summed E-state index contributed by atoms with van der Waals surface area (Å²) in [6.45, 7) is 3.24. The lowest BCUT2D eigenvalue weighted by Gasteiger charge is -2.20. The molecule has 1 fully saturated rings. The minimum absolute atomic E-state index is 0.744. The zero-order chi connectivity index (χ0) is 11.2. The summed E-state index contributed by atoms with van der Waals surface area (Å²) in [5.41, 5.74) is 3.12. The monoisotopic (exact) mass is 238 g/mol. The number of nitrogens with one attached hydrogen (secondary N) is 1. The minimum atomic E-state index is 0.744. The fourth-order valence-electron chi connectivity index (χ4n) is 2.68. The van der Waals surface area contributed by atoms with Crippen molar-refractivity contribution in [3.8, 4) is 0 Å². The second-order valence-corrected chi connectivity index (χ2v) is 5.52. The molecule has 1 N–H and O–H groups in total. The average Bonchev–Trinajstić information content (AvgIpc) is 2.94. The molecule has 0 bridgehead atoms. The van der Waals surface area contributed by atoms with E-state index in [2.05, 4.69) is 22.6 Å². The van der Waals surface area contributed by atoms with Crippen LogP contribution in [0.3, 0.4) is 0 Å². The van der Waals surface area contributed by atoms with E-state index < -0.39 is 0 Å². The van der Waals surface area contributed by atoms with E-state index >= 15 is 0 Å². The number of nitrogens with zero attached hydrogens (tertiary/aromatic N) is 1. The van der Waals surface area contributed by atoms with Gasteiger partial charge in [0.1, 0.15) is 0 Å². The van der Waals surface area contributed by atoms with Gasteiger partial charge in [-0.05, 0) is 25.2 Å². The molecular weight excluding hydrogens is 216 g/mol. The summed E-state index contributed by atoms with van der Waals surface area (Å²) in [5, 5.41) is 5.83. The van der Waals surface area contributed by atoms with Crippen LogP contribution in [0.15, 0.2) is 10.9 Å². The van der Waals surface area contributed by atoms with E-state index in [-0.39, 0.29) is 0 Å². The van der Waals surface area contributed by atoms with Crippen molar-refractivity contribution in [2.75, 3.05) is 0 Å². The second kappa shape index (κ2) is 6.36. The standard InChI is InChI=1S/C13H22N2S/c1-2-3-5-11-6-4-7-13(11)14-8-12-9-16-10-15-12/h9-11,13-14H,2-8H2,1H3. The van der Waals surface area contributed by atoms with Crippen molar-refractivity contribution in [3.63, 3.8) is 0 Å². The average molecular weight is 238 g/mol. The number of aromatic nitrogens is 1. The van der Waals surface area contributed by atoms with Gasteiger partial charge in [-0.1, -0.05) is 26.2 Å². The van der Waals surface area contributed by atoms with Crippen LogP contribution in [0.2, 0.25) is 0 Å². The Kier molecular flexibility index (Phi) is 4.79. The van der Waals surface area contributed by atoms with Crippen LogP contribution in [-0.2, 0) is 6.54 Å². The maximum absolute atomic E-state index is 4.32. The van der Waals surface area contributed by atoms with Crippen molar-refractivity contribution in [1.82, 2.24) is 10.3 Å². The fourth-order valence-corrected chi connectivity index (χ4v) is 3.24. The third-order valence-corrected chi connectivity index (χ3v) is 4.25. The summed E-state index contributed by atoms with van der Waals surface area (Å²) < 4.78 is 0. The van der Waals surface area contributed by atoms with Crippen LogP contribution in [0.25, 0.3) is 0 Å². The Bertz CT molecular complexity index is 284. The van der Waals surface area contributed by atoms with Crippen LogP contribution in [-0.4, -0.2) is 11.0 Å². The van der Waals surface area contributed by atoms with Crippen LogP contribution in [0.4, 0.5) is 0 Å². The normalized spacial score (nSPS) is 25.1. The highest BCUT2D eigenvalue weighted by Gasteiger charge is 2.25. The van der Waals surface area contributed by atoms with Crippen LogP contribution < -0.4 is 5.32 Å². The Morgan fingerprint density at radius 1 is 1.50 bits per heavy atom. The first kappa shape index (κ1) is 12.1. The molecular formula is C13H22N2S. The van der Waals surface area contributed by atoms with Gasteiger partial charge in [0, 0.05) is 18.0 Å². The smallest absolute Gasteiger partial charge is 0.0795 e. The van der Waals surface area contributed by atoms with Crippen LogP contribution in [0.5, 0.6) is 0 Å². The Morgan fingerprint density at radius 3 is 3.19 bits per heavy atom. The quantitative estimate of drug-likeness (QED) is 0.819. The molecule has 0 saturated heterocycles. The lowest BCUT2D eigenvalue weighted by Crippen LogP contribution is -2.32. The van der Waals surface area contributed by atoms with Gasteiger partial charge in [0.15, 0.2) is 0 Å². The van der Waals surface area contributed by atoms with Gasteiger partial charge in [-0.25, -0.2) is 4.98 Å². The molecule has 3 heteroatoms. The van der Waals surface area contributed by atoms with Crippen molar-refractivity contribution in [3.05, 3.63) is 16.6 Å². The van der Waals surface area contributed by atoms with E-state index in [1.165, 1.54) is 44.2 Å². The van der Waals surface area contributed by atoms with E-state index in [0.29, 0.717) is 0 Å². The summed E-state index contributed by atoms with van der Waals surface area (Å²) in [4.78, 5) is 4.32. The van der Waals surface area contributed by atoms with Crippen molar-refractivity contribution in [1.29, 1.82) is 0 Å². The Labute approximate surface area is 102 Å². The second-order valence-electron chi connectivity index (χ2n) is 4.80. The predicted octanol–water partition coefficient (Wildman–Crippen LogP) is 3.59. The van der Waals surface area contributed by atoms with Crippen molar-refractivity contribution in [2.45, 2.75) is 58.0 Å². The van der Waals surface area contributed by atoms with Crippen molar-refractivity contribution < 1.29 is 0 Å². The Hall–Kier alpha value is -0.410. The fraction of sp³-hybridized carbons (Fsp3) is 0.769. The van der Waals surface area contributed by atoms with Gasteiger partial charge in [0.05, 0.1) is 11.2 Å². The molecule has 1 aliphatic carbocycles. The highest BCUT2D eigenvalue weighted by Crippen LogP contribution is 2.30. The van der Waals surface area contributed by atoms with Crippen LogP contribution in [0.1, 0.15) is 51.1 Å². The molecule has 1 aromatic heterocycles. The van der Waals surface area contributed by atoms with Gasteiger partial charge >= 0.3 is 0 Å². The molecule has 1 aromatic rings. The summed E-state index contributed by atoms with van der Waals surface area (Å²) in [6, 6.07) is 0.744. The maximum atomic E-state index is 4.32. The third-order valence-electron chi connectivity index (χ3n) is 3.62. The largest absolute Gasteiger partial charge is 0.308 e. The number of hydrogen-bond acceptors (Lipinski definition) is 3. The van der Waals surface area contributed by atoms with E-state index in [0.717, 1.165) is 18.5 Å². The molecule has 2 atom stereocenters. The first-order valence-electron chi connectivity index (χ1n) is 6.50. The highest BCUT2D eigenvalue weighted by atomic mass is 32.1. The van der Waals surface area contributed by atoms with Gasteiger partial charge in [0.25, 0.3) is 0 Å². The van der Waals surface area contributed by atoms with Gasteiger partial charge in [-0.15, -0.1) is 11.3 Å². The zero-order valence-corrected chi connectivity index (χ0v) is 10.9. The SMILES string of the molecule is CCCCC1CCCC1NCc1cscn1. The first-order valence-corrected chi connectivity index (χ1v) is 7.45. The molecule has 0 spiro atoms. The molecule has 2 unspecified atom stereocenters. The van der Waals surface area contributed by atoms with E-state index in [4.69, 9.17) is 0 Å². The lowest BCUT2D eigenvalue weighted by molar-refractivity contribution is 0.367. The Morgan fingerprint density at radius 2 is 2.44 bits per heavy atom. The first-order chi connectivity index (χ1) is 7.90. The summed E-state index contributed by atoms with van der Waals surface area (Å²) in [6.07, 6.45) is 8.32. The number of hydrogen-bond donors (Lipinski definition) is 1. The molecule has 1 saturated carbocycles. The van der Waals surface area contributed by atoms with Crippen molar-refractivity contribution in [2.24, 2.45) is 5.92 Å². The summed E-state index contributed by atoms with van der Waals surface area (Å²) >= 11 is 1.69. The molecule has 0 aliphatic heterocycles. The zero-order valence-electron chi connectivity index (χ0n) is 10.1. The molecule has 16 heavy (non-hydrogen) atoms. The number of rotatable bonds is 6. The van der Waals surface area contributed by atoms with Gasteiger partial charge < -0.3 is 5.32 Å². The van der Waals surface area contributed by atoms with Crippen molar-refractivity contribution >= 4 is 11.3 Å². The lowest BCUT2D eigenvalue weighted by atomic mass is 9.97. The predicted molar refractivity (Wildman–Crippen MR) is 69.6 cm³/mol. The van der Waals surface area contributed by atoms with E-state index in [9.17, 15) is 0 Å². The molecule has 0 radical (unpaired) electrons. The highest BCUT2D eigenvalue weighted by molar-refractivity contribution is 7.07. The van der Waals surface area contributed by atoms with E-state index in [1.54, 1.807) is 11.3 Å². The Balaban J connectivity index is 1.75. The molecule has 1 heterocycles. The number of thiazole rings is 1. The molecule has 90 valence electrons. The molecule has 0 amide bonds. The summed E-state index contributed by atoms with van der Waals surface area (Å²) in [7, 11) is 0. The van der Waals surface area contributed by atoms with Crippen LogP contribution >= 0.6 is 11.3 Å². The molecule has 2 nitrogen and oxygen atoms in total. The third kappa shape index (κ3) is 3.29. The molecule has 2 rings (SSSR count). The summed E-state index contributed by atoms with van der Waals surface area (Å²) in [5.74, 6) is 0.915.